The van der Waals surface area contributed by atoms with Gasteiger partial charge < -0.3 is 10.2 Å². The van der Waals surface area contributed by atoms with Gasteiger partial charge in [0.25, 0.3) is 0 Å². The van der Waals surface area contributed by atoms with Crippen molar-refractivity contribution in [1.29, 1.82) is 0 Å². The van der Waals surface area contributed by atoms with Crippen LogP contribution in [0.4, 0.5) is 0 Å². The molecule has 0 amide bonds. The Morgan fingerprint density at radius 1 is 0.810 bits per heavy atom. The number of aliphatic hydroxyl groups is 1. The lowest BCUT2D eigenvalue weighted by Crippen LogP contribution is -2.08. The first-order valence-corrected chi connectivity index (χ1v) is 6.66. The summed E-state index contributed by atoms with van der Waals surface area (Å²) in [5, 5.41) is 21.9. The zero-order valence-electron chi connectivity index (χ0n) is 11.2. The second-order valence-corrected chi connectivity index (χ2v) is 4.86. The minimum absolute atomic E-state index is 0.123. The maximum Gasteiger partial charge on any atom is 0.336 e. The van der Waals surface area contributed by atoms with Crippen LogP contribution >= 0.6 is 0 Å². The van der Waals surface area contributed by atoms with Gasteiger partial charge in [0.2, 0.25) is 0 Å². The highest BCUT2D eigenvalue weighted by Gasteiger charge is 2.19. The van der Waals surface area contributed by atoms with Crippen LogP contribution in [0.5, 0.6) is 0 Å². The molecule has 1 atom stereocenters. The Hall–Kier alpha value is -2.65. The summed E-state index contributed by atoms with van der Waals surface area (Å²) in [6.45, 7) is 0. The second kappa shape index (κ2) is 5.38. The van der Waals surface area contributed by atoms with E-state index in [0.29, 0.717) is 11.1 Å². The van der Waals surface area contributed by atoms with E-state index >= 15 is 0 Å². The average Bonchev–Trinajstić information content (AvgIpc) is 2.53. The number of carboxylic acid groups (broad SMARTS) is 1. The predicted octanol–water partition coefficient (Wildman–Crippen LogP) is 3.62. The zero-order chi connectivity index (χ0) is 14.8. The lowest BCUT2D eigenvalue weighted by Gasteiger charge is -2.16. The number of carboxylic acids is 1. The summed E-state index contributed by atoms with van der Waals surface area (Å²) in [4.78, 5) is 11.3. The van der Waals surface area contributed by atoms with Crippen molar-refractivity contribution in [1.82, 2.24) is 0 Å². The van der Waals surface area contributed by atoms with Gasteiger partial charge in [-0.2, -0.15) is 0 Å². The Morgan fingerprint density at radius 2 is 1.43 bits per heavy atom. The van der Waals surface area contributed by atoms with Crippen LogP contribution in [0.3, 0.4) is 0 Å². The first kappa shape index (κ1) is 13.3. The third-order valence-corrected chi connectivity index (χ3v) is 3.60. The molecule has 0 aromatic heterocycles. The van der Waals surface area contributed by atoms with Crippen molar-refractivity contribution >= 4 is 16.7 Å². The monoisotopic (exact) mass is 278 g/mol. The first-order chi connectivity index (χ1) is 10.2. The molecule has 3 aromatic rings. The van der Waals surface area contributed by atoms with Crippen LogP contribution in [0.25, 0.3) is 10.8 Å². The lowest BCUT2D eigenvalue weighted by molar-refractivity contribution is 0.0691. The molecule has 0 aliphatic rings. The van der Waals surface area contributed by atoms with Gasteiger partial charge in [0.05, 0.1) is 5.56 Å². The number of aromatic carboxylic acids is 1. The molecule has 0 aliphatic heterocycles. The van der Waals surface area contributed by atoms with E-state index in [1.54, 1.807) is 18.2 Å². The third kappa shape index (κ3) is 2.39. The van der Waals surface area contributed by atoms with Crippen molar-refractivity contribution < 1.29 is 15.0 Å². The van der Waals surface area contributed by atoms with Crippen molar-refractivity contribution in [3.63, 3.8) is 0 Å². The molecule has 1 unspecified atom stereocenters. The molecular weight excluding hydrogens is 264 g/mol. The Balaban J connectivity index is 2.18. The minimum Gasteiger partial charge on any atom is -0.478 e. The van der Waals surface area contributed by atoms with Gasteiger partial charge in [-0.25, -0.2) is 4.79 Å². The van der Waals surface area contributed by atoms with Crippen LogP contribution in [0, 0.1) is 0 Å². The SMILES string of the molecule is O=C(O)c1ccccc1C(O)c1cccc2ccccc12. The molecule has 0 heterocycles. The summed E-state index contributed by atoms with van der Waals surface area (Å²) >= 11 is 0. The van der Waals surface area contributed by atoms with E-state index in [4.69, 9.17) is 0 Å². The van der Waals surface area contributed by atoms with E-state index in [-0.39, 0.29) is 5.56 Å². The molecule has 0 fully saturated rings. The summed E-state index contributed by atoms with van der Waals surface area (Å²) in [7, 11) is 0. The molecule has 3 nitrogen and oxygen atoms in total. The molecule has 0 spiro atoms. The van der Waals surface area contributed by atoms with E-state index in [1.165, 1.54) is 6.07 Å². The number of rotatable bonds is 3. The molecule has 3 heteroatoms. The van der Waals surface area contributed by atoms with Gasteiger partial charge in [0.15, 0.2) is 0 Å². The number of carbonyl (C=O) groups is 1. The quantitative estimate of drug-likeness (QED) is 0.769. The van der Waals surface area contributed by atoms with E-state index in [0.717, 1.165) is 10.8 Å². The first-order valence-electron chi connectivity index (χ1n) is 6.66. The summed E-state index contributed by atoms with van der Waals surface area (Å²) in [5.41, 5.74) is 1.24. The summed E-state index contributed by atoms with van der Waals surface area (Å²) in [6.07, 6.45) is -0.969. The number of benzene rings is 3. The third-order valence-electron chi connectivity index (χ3n) is 3.60. The van der Waals surface area contributed by atoms with E-state index in [1.807, 2.05) is 42.5 Å². The Labute approximate surface area is 122 Å². The summed E-state index contributed by atoms with van der Waals surface area (Å²) in [5.74, 6) is -1.04. The van der Waals surface area contributed by atoms with Crippen LogP contribution in [0.2, 0.25) is 0 Å². The van der Waals surface area contributed by atoms with Gasteiger partial charge >= 0.3 is 5.97 Å². The highest BCUT2D eigenvalue weighted by Crippen LogP contribution is 2.30. The van der Waals surface area contributed by atoms with E-state index < -0.39 is 12.1 Å². The highest BCUT2D eigenvalue weighted by atomic mass is 16.4. The van der Waals surface area contributed by atoms with Gasteiger partial charge in [-0.05, 0) is 28.0 Å². The minimum atomic E-state index is -1.04. The van der Waals surface area contributed by atoms with Crippen molar-refractivity contribution in [3.05, 3.63) is 83.4 Å². The molecular formula is C18H14O3. The Bertz CT molecular complexity index is 803. The van der Waals surface area contributed by atoms with Crippen LogP contribution in [0.15, 0.2) is 66.7 Å². The van der Waals surface area contributed by atoms with Crippen LogP contribution in [-0.2, 0) is 0 Å². The number of hydrogen-bond acceptors (Lipinski definition) is 2. The smallest absolute Gasteiger partial charge is 0.336 e. The standard InChI is InChI=1S/C18H14O3/c19-17(15-9-3-4-10-16(15)18(20)21)14-11-5-7-12-6-1-2-8-13(12)14/h1-11,17,19H,(H,20,21). The van der Waals surface area contributed by atoms with Crippen LogP contribution < -0.4 is 0 Å². The topological polar surface area (TPSA) is 57.5 Å². The van der Waals surface area contributed by atoms with Crippen molar-refractivity contribution in [2.75, 3.05) is 0 Å². The molecule has 2 N–H and O–H groups in total. The molecule has 0 radical (unpaired) electrons. The Morgan fingerprint density at radius 3 is 2.24 bits per heavy atom. The van der Waals surface area contributed by atoms with Gasteiger partial charge in [0, 0.05) is 0 Å². The number of aliphatic hydroxyl groups excluding tert-OH is 1. The van der Waals surface area contributed by atoms with E-state index in [9.17, 15) is 15.0 Å². The maximum atomic E-state index is 11.3. The molecule has 0 bridgehead atoms. The maximum absolute atomic E-state index is 11.3. The molecule has 104 valence electrons. The van der Waals surface area contributed by atoms with Crippen molar-refractivity contribution in [2.24, 2.45) is 0 Å². The average molecular weight is 278 g/mol. The van der Waals surface area contributed by atoms with Gasteiger partial charge in [-0.1, -0.05) is 60.7 Å². The fraction of sp³-hybridized carbons (Fsp3) is 0.0556. The van der Waals surface area contributed by atoms with Crippen LogP contribution in [0.1, 0.15) is 27.6 Å². The second-order valence-electron chi connectivity index (χ2n) is 4.86. The zero-order valence-corrected chi connectivity index (χ0v) is 11.2. The highest BCUT2D eigenvalue weighted by molar-refractivity contribution is 5.91. The largest absolute Gasteiger partial charge is 0.478 e. The fourth-order valence-corrected chi connectivity index (χ4v) is 2.59. The van der Waals surface area contributed by atoms with Crippen molar-refractivity contribution in [3.8, 4) is 0 Å². The number of hydrogen-bond donors (Lipinski definition) is 2. The molecule has 3 aromatic carbocycles. The Kier molecular flexibility index (Phi) is 3.42. The summed E-state index contributed by atoms with van der Waals surface area (Å²) < 4.78 is 0. The molecule has 21 heavy (non-hydrogen) atoms. The number of fused-ring (bicyclic) bond motifs is 1. The summed E-state index contributed by atoms with van der Waals surface area (Å²) in [6, 6.07) is 19.9. The molecule has 3 rings (SSSR count). The molecule has 0 saturated heterocycles. The van der Waals surface area contributed by atoms with E-state index in [2.05, 4.69) is 0 Å². The fourth-order valence-electron chi connectivity index (χ4n) is 2.59. The lowest BCUT2D eigenvalue weighted by atomic mass is 9.93. The molecule has 0 aliphatic carbocycles. The van der Waals surface area contributed by atoms with Gasteiger partial charge in [0.1, 0.15) is 6.10 Å². The predicted molar refractivity (Wildman–Crippen MR) is 81.4 cm³/mol. The normalized spacial score (nSPS) is 12.2. The molecule has 0 saturated carbocycles. The van der Waals surface area contributed by atoms with Gasteiger partial charge in [-0.3, -0.25) is 0 Å². The van der Waals surface area contributed by atoms with Crippen LogP contribution in [-0.4, -0.2) is 16.2 Å². The van der Waals surface area contributed by atoms with Gasteiger partial charge in [-0.15, -0.1) is 0 Å². The van der Waals surface area contributed by atoms with Crippen molar-refractivity contribution in [2.45, 2.75) is 6.10 Å².